The van der Waals surface area contributed by atoms with Gasteiger partial charge in [0, 0.05) is 13.5 Å². The molecule has 22 heavy (non-hydrogen) atoms. The number of rotatable bonds is 3. The summed E-state index contributed by atoms with van der Waals surface area (Å²) in [5, 5.41) is 0. The van der Waals surface area contributed by atoms with E-state index in [1.165, 1.54) is 11.1 Å². The van der Waals surface area contributed by atoms with Crippen LogP contribution in [0, 0.1) is 5.92 Å². The zero-order chi connectivity index (χ0) is 15.7. The molecule has 2 aliphatic carbocycles. The number of aliphatic imine (C=N–C) groups is 1. The smallest absolute Gasteiger partial charge is 0.340 e. The van der Waals surface area contributed by atoms with Gasteiger partial charge in [0.05, 0.1) is 6.10 Å². The van der Waals surface area contributed by atoms with Crippen LogP contribution < -0.4 is 0 Å². The molecular weight excluding hydrogens is 278 g/mol. The van der Waals surface area contributed by atoms with Gasteiger partial charge in [-0.2, -0.15) is 0 Å². The summed E-state index contributed by atoms with van der Waals surface area (Å²) in [6.07, 6.45) is 9.73. The minimum absolute atomic E-state index is 0.164. The Kier molecular flexibility index (Phi) is 4.22. The molecule has 1 saturated carbocycles. The summed E-state index contributed by atoms with van der Waals surface area (Å²) in [7, 11) is 1.73. The van der Waals surface area contributed by atoms with Gasteiger partial charge in [-0.15, -0.1) is 0 Å². The summed E-state index contributed by atoms with van der Waals surface area (Å²) in [5.41, 5.74) is 1.89. The number of cyclic esters (lactones) is 1. The molecule has 3 aliphatic rings. The first-order valence-corrected chi connectivity index (χ1v) is 8.24. The highest BCUT2D eigenvalue weighted by Crippen LogP contribution is 2.38. The first-order valence-electron chi connectivity index (χ1n) is 8.24. The molecule has 4 nitrogen and oxygen atoms in total. The van der Waals surface area contributed by atoms with Gasteiger partial charge in [-0.25, -0.2) is 9.79 Å². The van der Waals surface area contributed by atoms with Crippen molar-refractivity contribution in [2.75, 3.05) is 7.11 Å². The highest BCUT2D eigenvalue weighted by Gasteiger charge is 2.48. The van der Waals surface area contributed by atoms with Crippen molar-refractivity contribution < 1.29 is 14.3 Å². The molecule has 1 heterocycles. The first kappa shape index (κ1) is 15.5. The molecule has 1 spiro atoms. The summed E-state index contributed by atoms with van der Waals surface area (Å²) in [4.78, 5) is 17.0. The number of carbonyl (C=O) groups excluding carboxylic acids is 1. The number of hydrogen-bond donors (Lipinski definition) is 0. The highest BCUT2D eigenvalue weighted by atomic mass is 16.6. The summed E-state index contributed by atoms with van der Waals surface area (Å²) in [5.74, 6) is 0.972. The molecule has 1 atom stereocenters. The van der Waals surface area contributed by atoms with Gasteiger partial charge in [-0.3, -0.25) is 0 Å². The van der Waals surface area contributed by atoms with E-state index >= 15 is 0 Å². The standard InChI is InChI=1S/C18H25NO3/c1-12-4-5-13(2)14(10-12)11-16-19-18(17(20)22-16)8-6-15(21-3)7-9-18/h5,10,12,15H,4,6-9,11H2,1-3H3. The number of ether oxygens (including phenoxy) is 2. The lowest BCUT2D eigenvalue weighted by atomic mass is 9.81. The molecule has 1 unspecified atom stereocenters. The normalized spacial score (nSPS) is 35.0. The van der Waals surface area contributed by atoms with Crippen molar-refractivity contribution >= 4 is 11.9 Å². The number of allylic oxidation sites excluding steroid dienone is 3. The fourth-order valence-corrected chi connectivity index (χ4v) is 3.60. The van der Waals surface area contributed by atoms with Gasteiger partial charge in [0.2, 0.25) is 0 Å². The molecule has 0 saturated heterocycles. The Bertz CT molecular complexity index is 551. The lowest BCUT2D eigenvalue weighted by Crippen LogP contribution is -2.39. The SMILES string of the molecule is COC1CCC2(CC1)N=C(CC1=CC(C)CC=C1C)OC2=O. The van der Waals surface area contributed by atoms with Crippen LogP contribution in [0.15, 0.2) is 28.3 Å². The molecule has 4 heteroatoms. The number of nitrogens with zero attached hydrogens (tertiary/aromatic N) is 1. The average molecular weight is 303 g/mol. The van der Waals surface area contributed by atoms with Crippen LogP contribution in [0.25, 0.3) is 0 Å². The van der Waals surface area contributed by atoms with Crippen LogP contribution in [0.4, 0.5) is 0 Å². The molecule has 0 aromatic rings. The van der Waals surface area contributed by atoms with Crippen molar-refractivity contribution in [2.24, 2.45) is 10.9 Å². The van der Waals surface area contributed by atoms with Gasteiger partial charge in [-0.1, -0.05) is 24.6 Å². The molecule has 0 aromatic heterocycles. The van der Waals surface area contributed by atoms with E-state index in [4.69, 9.17) is 14.5 Å². The summed E-state index contributed by atoms with van der Waals surface area (Å²) in [6.45, 7) is 4.33. The highest BCUT2D eigenvalue weighted by molar-refractivity contribution is 6.01. The van der Waals surface area contributed by atoms with Crippen LogP contribution in [0.2, 0.25) is 0 Å². The van der Waals surface area contributed by atoms with E-state index in [2.05, 4.69) is 26.0 Å². The molecule has 1 fully saturated rings. The van der Waals surface area contributed by atoms with Gasteiger partial charge >= 0.3 is 5.97 Å². The fourth-order valence-electron chi connectivity index (χ4n) is 3.60. The van der Waals surface area contributed by atoms with Gasteiger partial charge in [0.25, 0.3) is 0 Å². The van der Waals surface area contributed by atoms with Gasteiger partial charge in [0.1, 0.15) is 0 Å². The van der Waals surface area contributed by atoms with E-state index < -0.39 is 5.54 Å². The van der Waals surface area contributed by atoms with Gasteiger partial charge in [0.15, 0.2) is 11.4 Å². The number of esters is 1. The monoisotopic (exact) mass is 303 g/mol. The number of hydrogen-bond acceptors (Lipinski definition) is 4. The molecule has 0 N–H and O–H groups in total. The minimum atomic E-state index is -0.636. The van der Waals surface area contributed by atoms with Crippen molar-refractivity contribution in [1.82, 2.24) is 0 Å². The zero-order valence-corrected chi connectivity index (χ0v) is 13.7. The van der Waals surface area contributed by atoms with Crippen LogP contribution in [-0.4, -0.2) is 30.6 Å². The Morgan fingerprint density at radius 2 is 2.14 bits per heavy atom. The van der Waals surface area contributed by atoms with Crippen molar-refractivity contribution in [3.05, 3.63) is 23.3 Å². The maximum absolute atomic E-state index is 12.3. The molecule has 0 radical (unpaired) electrons. The Morgan fingerprint density at radius 3 is 2.82 bits per heavy atom. The van der Waals surface area contributed by atoms with Crippen LogP contribution in [0.3, 0.4) is 0 Å². The van der Waals surface area contributed by atoms with Crippen molar-refractivity contribution in [1.29, 1.82) is 0 Å². The maximum Gasteiger partial charge on any atom is 0.340 e. The second-order valence-corrected chi connectivity index (χ2v) is 6.83. The van der Waals surface area contributed by atoms with Crippen LogP contribution in [-0.2, 0) is 14.3 Å². The van der Waals surface area contributed by atoms with E-state index in [0.29, 0.717) is 18.2 Å². The number of methoxy groups -OCH3 is 1. The minimum Gasteiger partial charge on any atom is -0.410 e. The predicted octanol–water partition coefficient (Wildman–Crippen LogP) is 3.57. The third kappa shape index (κ3) is 2.89. The van der Waals surface area contributed by atoms with Gasteiger partial charge < -0.3 is 9.47 Å². The lowest BCUT2D eigenvalue weighted by molar-refractivity contribution is -0.141. The second-order valence-electron chi connectivity index (χ2n) is 6.83. The predicted molar refractivity (Wildman–Crippen MR) is 85.8 cm³/mol. The Hall–Kier alpha value is -1.42. The quantitative estimate of drug-likeness (QED) is 0.749. The van der Waals surface area contributed by atoms with E-state index in [1.807, 2.05) is 0 Å². The number of carbonyl (C=O) groups is 1. The van der Waals surface area contributed by atoms with E-state index in [-0.39, 0.29) is 12.1 Å². The Morgan fingerprint density at radius 1 is 1.41 bits per heavy atom. The van der Waals surface area contributed by atoms with Crippen molar-refractivity contribution in [2.45, 2.75) is 64.0 Å². The van der Waals surface area contributed by atoms with Crippen LogP contribution in [0.5, 0.6) is 0 Å². The zero-order valence-electron chi connectivity index (χ0n) is 13.7. The topological polar surface area (TPSA) is 47.9 Å². The molecule has 0 aromatic carbocycles. The van der Waals surface area contributed by atoms with E-state index in [0.717, 1.165) is 32.1 Å². The van der Waals surface area contributed by atoms with Crippen molar-refractivity contribution in [3.8, 4) is 0 Å². The van der Waals surface area contributed by atoms with E-state index in [9.17, 15) is 4.79 Å². The molecule has 1 aliphatic heterocycles. The van der Waals surface area contributed by atoms with Crippen LogP contribution >= 0.6 is 0 Å². The van der Waals surface area contributed by atoms with Gasteiger partial charge in [-0.05, 0) is 50.5 Å². The largest absolute Gasteiger partial charge is 0.410 e. The van der Waals surface area contributed by atoms with E-state index in [1.54, 1.807) is 7.11 Å². The molecule has 3 rings (SSSR count). The second kappa shape index (κ2) is 5.99. The molecule has 0 bridgehead atoms. The summed E-state index contributed by atoms with van der Waals surface area (Å²) >= 11 is 0. The summed E-state index contributed by atoms with van der Waals surface area (Å²) in [6, 6.07) is 0. The van der Waals surface area contributed by atoms with Crippen LogP contribution in [0.1, 0.15) is 52.4 Å². The molecule has 0 amide bonds. The Labute approximate surface area is 132 Å². The van der Waals surface area contributed by atoms with Crippen molar-refractivity contribution in [3.63, 3.8) is 0 Å². The first-order chi connectivity index (χ1) is 10.5. The third-order valence-corrected chi connectivity index (χ3v) is 5.15. The maximum atomic E-state index is 12.3. The third-order valence-electron chi connectivity index (χ3n) is 5.15. The molecular formula is C18H25NO3. The fraction of sp³-hybridized carbons (Fsp3) is 0.667. The lowest BCUT2D eigenvalue weighted by Gasteiger charge is -2.30. The Balaban J connectivity index is 1.72. The molecule has 120 valence electrons. The average Bonchev–Trinajstić information content (AvgIpc) is 2.80. The summed E-state index contributed by atoms with van der Waals surface area (Å²) < 4.78 is 10.9.